The Morgan fingerprint density at radius 2 is 1.43 bits per heavy atom. The molecule has 4 rings (SSSR count). The molecule has 0 aliphatic rings. The molecule has 0 aliphatic heterocycles. The maximum absolute atomic E-state index is 12.1. The number of esters is 1. The monoisotopic (exact) mass is 739 g/mol. The lowest BCUT2D eigenvalue weighted by molar-refractivity contribution is -0.00850. The molecule has 53 heavy (non-hydrogen) atoms. The van der Waals surface area contributed by atoms with Crippen LogP contribution in [0, 0.1) is 31.8 Å². The molecule has 13 nitrogen and oxygen atoms in total. The van der Waals surface area contributed by atoms with E-state index in [0.29, 0.717) is 86.2 Å². The first-order valence-electron chi connectivity index (χ1n) is 16.8. The summed E-state index contributed by atoms with van der Waals surface area (Å²) in [5.74, 6) is -1.91. The molecule has 0 radical (unpaired) electrons. The van der Waals surface area contributed by atoms with Gasteiger partial charge in [0.2, 0.25) is 5.69 Å². The van der Waals surface area contributed by atoms with Crippen molar-refractivity contribution in [1.82, 2.24) is 0 Å². The molecule has 0 spiro atoms. The van der Waals surface area contributed by atoms with Gasteiger partial charge in [-0.1, -0.05) is 42.5 Å². The van der Waals surface area contributed by atoms with Crippen molar-refractivity contribution in [3.63, 3.8) is 0 Å². The minimum atomic E-state index is -1.19. The molecule has 14 heteroatoms. The number of azo groups is 1. The Bertz CT molecular complexity index is 1920. The number of carbonyl (C=O) groups excluding carboxylic acids is 1. The van der Waals surface area contributed by atoms with Crippen molar-refractivity contribution in [2.45, 2.75) is 20.4 Å². The SMILES string of the molecule is [C-]#[N+]c1c(N=Nc2ccc(N(CCOCCOCCOCCOCCOC(=O)c3ccccc3C(=O)O)Cc3ccccc3)cc2C)sc(C#N)c1C. The van der Waals surface area contributed by atoms with Crippen molar-refractivity contribution in [3.05, 3.63) is 117 Å². The summed E-state index contributed by atoms with van der Waals surface area (Å²) in [7, 11) is 0. The second-order valence-corrected chi connectivity index (χ2v) is 12.4. The van der Waals surface area contributed by atoms with Crippen LogP contribution in [0.1, 0.15) is 42.3 Å². The van der Waals surface area contributed by atoms with E-state index in [1.807, 2.05) is 37.3 Å². The van der Waals surface area contributed by atoms with Crippen molar-refractivity contribution >= 4 is 45.3 Å². The van der Waals surface area contributed by atoms with Crippen LogP contribution < -0.4 is 4.90 Å². The van der Waals surface area contributed by atoms with E-state index >= 15 is 0 Å². The number of thiophene rings is 1. The fraction of sp³-hybridized carbons (Fsp3) is 0.333. The number of aromatic carboxylic acids is 1. The molecule has 0 saturated heterocycles. The average Bonchev–Trinajstić information content (AvgIpc) is 3.49. The first-order valence-corrected chi connectivity index (χ1v) is 17.7. The quantitative estimate of drug-likeness (QED) is 0.0365. The van der Waals surface area contributed by atoms with E-state index < -0.39 is 11.9 Å². The van der Waals surface area contributed by atoms with Gasteiger partial charge in [-0.25, -0.2) is 14.4 Å². The van der Waals surface area contributed by atoms with E-state index in [4.69, 9.17) is 30.3 Å². The van der Waals surface area contributed by atoms with Gasteiger partial charge in [0.05, 0.1) is 81.1 Å². The zero-order chi connectivity index (χ0) is 37.8. The number of hydrogen-bond acceptors (Lipinski definition) is 12. The second-order valence-electron chi connectivity index (χ2n) is 11.4. The summed E-state index contributed by atoms with van der Waals surface area (Å²) in [4.78, 5) is 29.6. The molecule has 1 aromatic heterocycles. The molecule has 0 atom stereocenters. The molecule has 0 bridgehead atoms. The highest BCUT2D eigenvalue weighted by Gasteiger charge is 2.17. The molecule has 0 aliphatic carbocycles. The standard InChI is InChI=1S/C39H41N5O8S/c1-28-25-31(13-14-34(28)42-43-37-36(41-3)29(2)35(26-40)53-37)44(27-30-9-5-4-6-10-30)15-16-48-17-18-49-19-20-50-21-22-51-23-24-52-39(47)33-12-8-7-11-32(33)38(45)46/h4-14,25H,15-24,27H2,1-2H3,(H,45,46). The number of aryl methyl sites for hydroxylation is 1. The molecule has 0 fully saturated rings. The van der Waals surface area contributed by atoms with Crippen molar-refractivity contribution in [2.75, 3.05) is 70.9 Å². The molecular weight excluding hydrogens is 699 g/mol. The van der Waals surface area contributed by atoms with E-state index in [9.17, 15) is 20.0 Å². The Kier molecular flexibility index (Phi) is 16.6. The first-order chi connectivity index (χ1) is 25.8. The van der Waals surface area contributed by atoms with Gasteiger partial charge in [-0.05, 0) is 60.9 Å². The molecular formula is C39H41N5O8S. The number of ether oxygens (including phenoxy) is 5. The van der Waals surface area contributed by atoms with Gasteiger partial charge in [-0.3, -0.25) is 0 Å². The van der Waals surface area contributed by atoms with Crippen LogP contribution in [0.2, 0.25) is 0 Å². The smallest absolute Gasteiger partial charge is 0.339 e. The minimum absolute atomic E-state index is 0.00228. The van der Waals surface area contributed by atoms with E-state index in [2.05, 4.69) is 44.2 Å². The van der Waals surface area contributed by atoms with Crippen LogP contribution in [0.4, 0.5) is 22.1 Å². The Morgan fingerprint density at radius 3 is 2.04 bits per heavy atom. The van der Waals surface area contributed by atoms with Crippen LogP contribution >= 0.6 is 11.3 Å². The van der Waals surface area contributed by atoms with Crippen LogP contribution in [-0.2, 0) is 30.2 Å². The maximum atomic E-state index is 12.1. The Labute approximate surface area is 312 Å². The zero-order valence-corrected chi connectivity index (χ0v) is 30.5. The normalized spacial score (nSPS) is 10.9. The van der Waals surface area contributed by atoms with E-state index in [1.165, 1.54) is 29.0 Å². The Hall–Kier alpha value is -5.48. The summed E-state index contributed by atoms with van der Waals surface area (Å²) in [6, 6.07) is 24.1. The number of nitrogens with zero attached hydrogens (tertiary/aromatic N) is 5. The van der Waals surface area contributed by atoms with Crippen LogP contribution in [0.25, 0.3) is 4.85 Å². The second kappa shape index (κ2) is 21.8. The predicted octanol–water partition coefficient (Wildman–Crippen LogP) is 7.83. The number of nitriles is 1. The molecule has 0 amide bonds. The third-order valence-electron chi connectivity index (χ3n) is 7.78. The lowest BCUT2D eigenvalue weighted by atomic mass is 10.1. The van der Waals surface area contributed by atoms with E-state index in [0.717, 1.165) is 11.3 Å². The first kappa shape index (κ1) is 40.3. The topological polar surface area (TPSA) is 157 Å². The highest BCUT2D eigenvalue weighted by Crippen LogP contribution is 2.42. The summed E-state index contributed by atoms with van der Waals surface area (Å²) < 4.78 is 27.5. The number of rotatable bonds is 22. The average molecular weight is 740 g/mol. The van der Waals surface area contributed by atoms with Gasteiger partial charge in [0.15, 0.2) is 0 Å². The number of carbonyl (C=O) groups is 2. The van der Waals surface area contributed by atoms with Crippen molar-refractivity contribution in [3.8, 4) is 6.07 Å². The summed E-state index contributed by atoms with van der Waals surface area (Å²) in [6.45, 7) is 15.4. The lowest BCUT2D eigenvalue weighted by Gasteiger charge is -2.25. The summed E-state index contributed by atoms with van der Waals surface area (Å²) in [5.41, 5.74) is 4.66. The van der Waals surface area contributed by atoms with Gasteiger partial charge in [-0.2, -0.15) is 15.5 Å². The number of carboxylic acid groups (broad SMARTS) is 1. The molecule has 0 unspecified atom stereocenters. The van der Waals surface area contributed by atoms with Crippen LogP contribution in [0.3, 0.4) is 0 Å². The minimum Gasteiger partial charge on any atom is -0.478 e. The third kappa shape index (κ3) is 12.6. The van der Waals surface area contributed by atoms with Gasteiger partial charge in [0.1, 0.15) is 17.7 Å². The predicted molar refractivity (Wildman–Crippen MR) is 200 cm³/mol. The molecule has 276 valence electrons. The van der Waals surface area contributed by atoms with E-state index in [-0.39, 0.29) is 24.3 Å². The molecule has 0 saturated carbocycles. The lowest BCUT2D eigenvalue weighted by Crippen LogP contribution is -2.27. The molecule has 1 N–H and O–H groups in total. The fourth-order valence-corrected chi connectivity index (χ4v) is 5.87. The zero-order valence-electron chi connectivity index (χ0n) is 29.7. The van der Waals surface area contributed by atoms with Gasteiger partial charge in [0, 0.05) is 18.8 Å². The van der Waals surface area contributed by atoms with Crippen molar-refractivity contribution in [2.24, 2.45) is 10.2 Å². The summed E-state index contributed by atoms with van der Waals surface area (Å²) in [5, 5.41) is 27.7. The van der Waals surface area contributed by atoms with Crippen LogP contribution in [0.5, 0.6) is 0 Å². The van der Waals surface area contributed by atoms with Crippen molar-refractivity contribution in [1.29, 1.82) is 5.26 Å². The highest BCUT2D eigenvalue weighted by atomic mass is 32.1. The highest BCUT2D eigenvalue weighted by molar-refractivity contribution is 7.17. The van der Waals surface area contributed by atoms with Gasteiger partial charge in [0.25, 0.3) is 0 Å². The van der Waals surface area contributed by atoms with Crippen LogP contribution in [0.15, 0.2) is 83.0 Å². The number of anilines is 1. The number of carboxylic acids is 1. The Balaban J connectivity index is 1.12. The Morgan fingerprint density at radius 1 is 0.830 bits per heavy atom. The van der Waals surface area contributed by atoms with Gasteiger partial charge in [-0.15, -0.1) is 11.3 Å². The summed E-state index contributed by atoms with van der Waals surface area (Å²) in [6.07, 6.45) is 0. The largest absolute Gasteiger partial charge is 0.478 e. The maximum Gasteiger partial charge on any atom is 0.339 e. The van der Waals surface area contributed by atoms with Crippen molar-refractivity contribution < 1.29 is 38.4 Å². The number of hydrogen-bond donors (Lipinski definition) is 1. The van der Waals surface area contributed by atoms with Crippen LogP contribution in [-0.4, -0.2) is 83.1 Å². The van der Waals surface area contributed by atoms with Gasteiger partial charge >= 0.3 is 11.9 Å². The number of benzene rings is 3. The third-order valence-corrected chi connectivity index (χ3v) is 8.85. The fourth-order valence-electron chi connectivity index (χ4n) is 5.00. The van der Waals surface area contributed by atoms with E-state index in [1.54, 1.807) is 19.1 Å². The summed E-state index contributed by atoms with van der Waals surface area (Å²) >= 11 is 1.17. The molecule has 1 heterocycles. The van der Waals surface area contributed by atoms with Gasteiger partial charge < -0.3 is 33.7 Å². The molecule has 3 aromatic carbocycles. The molecule has 4 aromatic rings.